The van der Waals surface area contributed by atoms with Gasteiger partial charge in [0, 0.05) is 5.69 Å². The zero-order valence-corrected chi connectivity index (χ0v) is 11.7. The molecule has 1 atom stereocenters. The molecule has 0 fully saturated rings. The molecule has 1 aromatic rings. The summed E-state index contributed by atoms with van der Waals surface area (Å²) < 4.78 is 0. The molecule has 1 amide bonds. The highest BCUT2D eigenvalue weighted by atomic mass is 16.2. The molecule has 2 aliphatic rings. The van der Waals surface area contributed by atoms with E-state index in [2.05, 4.69) is 41.9 Å². The molecule has 0 spiro atoms. The third kappa shape index (κ3) is 1.79. The molecule has 100 valence electrons. The molecule has 19 heavy (non-hydrogen) atoms. The van der Waals surface area contributed by atoms with Crippen LogP contribution in [-0.4, -0.2) is 12.1 Å². The fourth-order valence-corrected chi connectivity index (χ4v) is 2.65. The molecule has 4 nitrogen and oxygen atoms in total. The Bertz CT molecular complexity index is 598. The lowest BCUT2D eigenvalue weighted by Gasteiger charge is -2.15. The highest BCUT2D eigenvalue weighted by Gasteiger charge is 2.39. The van der Waals surface area contributed by atoms with Gasteiger partial charge < -0.3 is 16.0 Å². The van der Waals surface area contributed by atoms with Gasteiger partial charge in [0.2, 0.25) is 5.91 Å². The third-order valence-corrected chi connectivity index (χ3v) is 3.77. The lowest BCUT2D eigenvalue weighted by molar-refractivity contribution is -0.119. The molecule has 4 heteroatoms. The lowest BCUT2D eigenvalue weighted by Crippen LogP contribution is -2.26. The number of hydrogen-bond acceptors (Lipinski definition) is 3. The van der Waals surface area contributed by atoms with Crippen molar-refractivity contribution in [1.82, 2.24) is 0 Å². The first-order chi connectivity index (χ1) is 8.88. The molecule has 3 rings (SSSR count). The molecule has 0 aromatic heterocycles. The topological polar surface area (TPSA) is 53.2 Å². The van der Waals surface area contributed by atoms with Gasteiger partial charge in [-0.2, -0.15) is 0 Å². The number of fused-ring (bicyclic) bond motifs is 2. The van der Waals surface area contributed by atoms with E-state index < -0.39 is 5.41 Å². The van der Waals surface area contributed by atoms with Crippen molar-refractivity contribution in [2.75, 3.05) is 16.0 Å². The van der Waals surface area contributed by atoms with E-state index >= 15 is 0 Å². The molecular weight excluding hydrogens is 238 g/mol. The van der Waals surface area contributed by atoms with Gasteiger partial charge in [0.25, 0.3) is 0 Å². The zero-order chi connectivity index (χ0) is 13.8. The fourth-order valence-electron chi connectivity index (χ4n) is 2.65. The van der Waals surface area contributed by atoms with Crippen molar-refractivity contribution in [2.45, 2.75) is 39.3 Å². The average Bonchev–Trinajstić information content (AvgIpc) is 2.76. The average molecular weight is 257 g/mol. The second kappa shape index (κ2) is 3.76. The van der Waals surface area contributed by atoms with Crippen LogP contribution in [-0.2, 0) is 10.2 Å². The quantitative estimate of drug-likeness (QED) is 0.678. The monoisotopic (exact) mass is 257 g/mol. The number of carbonyl (C=O) groups excluding carboxylic acids is 1. The number of rotatable bonds is 1. The van der Waals surface area contributed by atoms with Crippen LogP contribution in [0.4, 0.5) is 17.1 Å². The van der Waals surface area contributed by atoms with Crippen LogP contribution in [0.1, 0.15) is 33.3 Å². The summed E-state index contributed by atoms with van der Waals surface area (Å²) in [6.07, 6.45) is 2.27. The smallest absolute Gasteiger partial charge is 0.234 e. The van der Waals surface area contributed by atoms with Gasteiger partial charge >= 0.3 is 0 Å². The molecule has 3 N–H and O–H groups in total. The summed E-state index contributed by atoms with van der Waals surface area (Å²) in [7, 11) is 0. The minimum absolute atomic E-state index is 0.0621. The summed E-state index contributed by atoms with van der Waals surface area (Å²) in [5, 5.41) is 9.77. The van der Waals surface area contributed by atoms with E-state index in [1.54, 1.807) is 0 Å². The molecule has 2 heterocycles. The van der Waals surface area contributed by atoms with E-state index in [9.17, 15) is 4.79 Å². The van der Waals surface area contributed by atoms with Crippen LogP contribution in [0.5, 0.6) is 0 Å². The maximum absolute atomic E-state index is 11.9. The number of hydrogen-bond donors (Lipinski definition) is 3. The number of nitrogens with one attached hydrogen (secondary N) is 3. The van der Waals surface area contributed by atoms with Crippen LogP contribution in [0.25, 0.3) is 0 Å². The summed E-state index contributed by atoms with van der Waals surface area (Å²) in [4.78, 5) is 11.9. The standard InChI is InChI=1S/C15H19N3O/c1-8(2)5-13-16-11-6-9-10(7-12(11)17-13)18-14(19)15(9,3)4/h5-7,13,16-17H,1-4H3,(H,18,19). The van der Waals surface area contributed by atoms with Crippen LogP contribution in [0, 0.1) is 0 Å². The maximum atomic E-state index is 11.9. The number of carbonyl (C=O) groups is 1. The molecule has 0 saturated heterocycles. The van der Waals surface area contributed by atoms with E-state index in [1.165, 1.54) is 5.57 Å². The van der Waals surface area contributed by atoms with E-state index in [0.29, 0.717) is 0 Å². The first-order valence-electron chi connectivity index (χ1n) is 6.56. The molecular formula is C15H19N3O. The van der Waals surface area contributed by atoms with Gasteiger partial charge in [0.1, 0.15) is 6.17 Å². The highest BCUT2D eigenvalue weighted by molar-refractivity contribution is 6.07. The Balaban J connectivity index is 1.99. The lowest BCUT2D eigenvalue weighted by atomic mass is 9.86. The maximum Gasteiger partial charge on any atom is 0.234 e. The predicted octanol–water partition coefficient (Wildman–Crippen LogP) is 3.05. The zero-order valence-electron chi connectivity index (χ0n) is 11.7. The Kier molecular flexibility index (Phi) is 2.39. The van der Waals surface area contributed by atoms with E-state index in [1.807, 2.05) is 19.9 Å². The van der Waals surface area contributed by atoms with Crippen molar-refractivity contribution >= 4 is 23.0 Å². The summed E-state index contributed by atoms with van der Waals surface area (Å²) in [5.41, 5.74) is 4.88. The molecule has 0 radical (unpaired) electrons. The van der Waals surface area contributed by atoms with Gasteiger partial charge in [-0.1, -0.05) is 5.57 Å². The van der Waals surface area contributed by atoms with Gasteiger partial charge in [-0.15, -0.1) is 0 Å². The van der Waals surface area contributed by atoms with Crippen molar-refractivity contribution in [2.24, 2.45) is 0 Å². The van der Waals surface area contributed by atoms with Crippen LogP contribution >= 0.6 is 0 Å². The van der Waals surface area contributed by atoms with Crippen molar-refractivity contribution in [3.8, 4) is 0 Å². The van der Waals surface area contributed by atoms with Crippen molar-refractivity contribution in [3.05, 3.63) is 29.3 Å². The first-order valence-corrected chi connectivity index (χ1v) is 6.56. The highest BCUT2D eigenvalue weighted by Crippen LogP contribution is 2.43. The molecule has 0 aliphatic carbocycles. The number of amides is 1. The molecule has 1 aromatic carbocycles. The minimum atomic E-state index is -0.458. The van der Waals surface area contributed by atoms with E-state index in [-0.39, 0.29) is 12.1 Å². The van der Waals surface area contributed by atoms with Crippen LogP contribution in [0.2, 0.25) is 0 Å². The third-order valence-electron chi connectivity index (χ3n) is 3.77. The molecule has 1 unspecified atom stereocenters. The van der Waals surface area contributed by atoms with Gasteiger partial charge in [-0.3, -0.25) is 4.79 Å². The largest absolute Gasteiger partial charge is 0.360 e. The van der Waals surface area contributed by atoms with Crippen LogP contribution in [0.15, 0.2) is 23.8 Å². The van der Waals surface area contributed by atoms with Crippen molar-refractivity contribution < 1.29 is 4.79 Å². The normalized spacial score (nSPS) is 21.9. The molecule has 2 aliphatic heterocycles. The molecule has 0 bridgehead atoms. The Morgan fingerprint density at radius 2 is 1.79 bits per heavy atom. The summed E-state index contributed by atoms with van der Waals surface area (Å²) in [5.74, 6) is 0.0621. The van der Waals surface area contributed by atoms with Crippen molar-refractivity contribution in [1.29, 1.82) is 0 Å². The molecule has 0 saturated carbocycles. The summed E-state index contributed by atoms with van der Waals surface area (Å²) in [6.45, 7) is 8.07. The van der Waals surface area contributed by atoms with Gasteiger partial charge in [0.05, 0.1) is 16.8 Å². The van der Waals surface area contributed by atoms with Crippen molar-refractivity contribution in [3.63, 3.8) is 0 Å². The van der Waals surface area contributed by atoms with Gasteiger partial charge in [-0.25, -0.2) is 0 Å². The van der Waals surface area contributed by atoms with Gasteiger partial charge in [0.15, 0.2) is 0 Å². The summed E-state index contributed by atoms with van der Waals surface area (Å²) >= 11 is 0. The van der Waals surface area contributed by atoms with Gasteiger partial charge in [-0.05, 0) is 51.5 Å². The van der Waals surface area contributed by atoms with Crippen LogP contribution in [0.3, 0.4) is 0 Å². The van der Waals surface area contributed by atoms with E-state index in [0.717, 1.165) is 22.6 Å². The minimum Gasteiger partial charge on any atom is -0.360 e. The number of anilines is 3. The first kappa shape index (κ1) is 12.1. The number of allylic oxidation sites excluding steroid dienone is 1. The number of benzene rings is 1. The van der Waals surface area contributed by atoms with E-state index in [4.69, 9.17) is 0 Å². The Labute approximate surface area is 113 Å². The predicted molar refractivity (Wildman–Crippen MR) is 78.6 cm³/mol. The van der Waals surface area contributed by atoms with Crippen LogP contribution < -0.4 is 16.0 Å². The summed E-state index contributed by atoms with van der Waals surface area (Å²) in [6, 6.07) is 4.09. The Morgan fingerprint density at radius 3 is 2.42 bits per heavy atom. The Hall–Kier alpha value is -1.97. The second-order valence-corrected chi connectivity index (χ2v) is 6.03. The second-order valence-electron chi connectivity index (χ2n) is 6.03. The Morgan fingerprint density at radius 1 is 1.16 bits per heavy atom. The SMILES string of the molecule is CC(C)=CC1Nc2cc3c(cc2N1)C(C)(C)C(=O)N3. The fraction of sp³-hybridized carbons (Fsp3) is 0.400.